The minimum atomic E-state index is -0.653. The predicted octanol–water partition coefficient (Wildman–Crippen LogP) is 3.26. The molecule has 0 saturated carbocycles. The van der Waals surface area contributed by atoms with E-state index >= 15 is 0 Å². The Morgan fingerprint density at radius 1 is 1.15 bits per heavy atom. The Bertz CT molecular complexity index is 1040. The number of pyridine rings is 1. The highest BCUT2D eigenvalue weighted by Gasteiger charge is 2.12. The zero-order valence-corrected chi connectivity index (χ0v) is 15.3. The summed E-state index contributed by atoms with van der Waals surface area (Å²) >= 11 is 6.11. The van der Waals surface area contributed by atoms with Gasteiger partial charge >= 0.3 is 5.97 Å². The monoisotopic (exact) mass is 372 g/mol. The number of hydrogen-bond acceptors (Lipinski definition) is 5. The number of hydrogen-bond donors (Lipinski definition) is 0. The number of ether oxygens (including phenoxy) is 2. The number of esters is 1. The van der Waals surface area contributed by atoms with Gasteiger partial charge in [0.25, 0.3) is 5.56 Å². The largest absolute Gasteiger partial charge is 0.482 e. The molecule has 0 aliphatic heterocycles. The average molecular weight is 373 g/mol. The fourth-order valence-electron chi connectivity index (χ4n) is 2.57. The lowest BCUT2D eigenvalue weighted by molar-refractivity contribution is -0.136. The molecule has 2 heterocycles. The van der Waals surface area contributed by atoms with Gasteiger partial charge in [0.2, 0.25) is 5.88 Å². The summed E-state index contributed by atoms with van der Waals surface area (Å²) in [5.74, 6) is -0.190. The van der Waals surface area contributed by atoms with Crippen LogP contribution in [0.15, 0.2) is 41.3 Å². The summed E-state index contributed by atoms with van der Waals surface area (Å²) in [4.78, 5) is 28.4. The number of carbonyl (C=O) groups is 1. The molecular weight excluding hydrogens is 356 g/mol. The van der Waals surface area contributed by atoms with Gasteiger partial charge in [-0.05, 0) is 55.7 Å². The Morgan fingerprint density at radius 3 is 2.54 bits per heavy atom. The van der Waals surface area contributed by atoms with E-state index in [9.17, 15) is 9.59 Å². The van der Waals surface area contributed by atoms with Gasteiger partial charge in [0.15, 0.2) is 6.61 Å². The molecule has 1 aromatic carbocycles. The third-order valence-electron chi connectivity index (χ3n) is 3.85. The van der Waals surface area contributed by atoms with Crippen LogP contribution >= 0.6 is 11.6 Å². The predicted molar refractivity (Wildman–Crippen MR) is 98.3 cm³/mol. The second-order valence-electron chi connectivity index (χ2n) is 5.95. The van der Waals surface area contributed by atoms with Gasteiger partial charge in [-0.25, -0.2) is 4.79 Å². The second kappa shape index (κ2) is 7.17. The van der Waals surface area contributed by atoms with Crippen molar-refractivity contribution in [3.8, 4) is 11.6 Å². The summed E-state index contributed by atoms with van der Waals surface area (Å²) in [6.45, 7) is 5.22. The van der Waals surface area contributed by atoms with E-state index in [0.29, 0.717) is 16.4 Å². The van der Waals surface area contributed by atoms with Crippen molar-refractivity contribution in [1.29, 1.82) is 0 Å². The zero-order chi connectivity index (χ0) is 18.8. The molecule has 0 spiro atoms. The van der Waals surface area contributed by atoms with Crippen LogP contribution in [0.5, 0.6) is 11.6 Å². The third-order valence-corrected chi connectivity index (χ3v) is 4.44. The van der Waals surface area contributed by atoms with Crippen LogP contribution in [0, 0.1) is 20.8 Å². The van der Waals surface area contributed by atoms with Crippen molar-refractivity contribution >= 4 is 23.2 Å². The summed E-state index contributed by atoms with van der Waals surface area (Å²) in [6, 6.07) is 8.23. The van der Waals surface area contributed by atoms with Gasteiger partial charge < -0.3 is 9.47 Å². The molecule has 0 fully saturated rings. The van der Waals surface area contributed by atoms with Crippen LogP contribution in [-0.2, 0) is 4.79 Å². The maximum absolute atomic E-state index is 12.1. The van der Waals surface area contributed by atoms with Gasteiger partial charge in [0, 0.05) is 11.2 Å². The lowest BCUT2D eigenvalue weighted by Gasteiger charge is -2.10. The van der Waals surface area contributed by atoms with E-state index in [4.69, 9.17) is 21.1 Å². The topological polar surface area (TPSA) is 69.9 Å². The number of halogens is 1. The van der Waals surface area contributed by atoms with Crippen molar-refractivity contribution < 1.29 is 14.3 Å². The molecule has 0 aliphatic rings. The number of aryl methyl sites for hydroxylation is 3. The molecule has 0 radical (unpaired) electrons. The Kier molecular flexibility index (Phi) is 4.95. The zero-order valence-electron chi connectivity index (χ0n) is 14.6. The first kappa shape index (κ1) is 17.9. The minimum absolute atomic E-state index is 0.0543. The number of rotatable bonds is 4. The van der Waals surface area contributed by atoms with E-state index in [1.54, 1.807) is 24.4 Å². The highest BCUT2D eigenvalue weighted by Crippen LogP contribution is 2.25. The molecule has 0 unspecified atom stereocenters. The maximum Gasteiger partial charge on any atom is 0.350 e. The quantitative estimate of drug-likeness (QED) is 0.657. The normalized spacial score (nSPS) is 10.8. The van der Waals surface area contributed by atoms with Crippen LogP contribution < -0.4 is 15.0 Å². The average Bonchev–Trinajstić information content (AvgIpc) is 2.59. The lowest BCUT2D eigenvalue weighted by atomic mass is 10.1. The summed E-state index contributed by atoms with van der Waals surface area (Å²) < 4.78 is 12.0. The van der Waals surface area contributed by atoms with Crippen LogP contribution in [0.25, 0.3) is 5.65 Å². The van der Waals surface area contributed by atoms with Crippen LogP contribution in [0.4, 0.5) is 0 Å². The van der Waals surface area contributed by atoms with Gasteiger partial charge in [0.1, 0.15) is 11.4 Å². The van der Waals surface area contributed by atoms with Gasteiger partial charge in [-0.15, -0.1) is 0 Å². The van der Waals surface area contributed by atoms with Crippen LogP contribution in [0.2, 0.25) is 5.02 Å². The maximum atomic E-state index is 12.1. The fourth-order valence-corrected chi connectivity index (χ4v) is 2.68. The highest BCUT2D eigenvalue weighted by molar-refractivity contribution is 6.32. The molecule has 134 valence electrons. The molecule has 3 rings (SSSR count). The molecule has 6 nitrogen and oxygen atoms in total. The molecule has 2 aromatic heterocycles. The van der Waals surface area contributed by atoms with Crippen molar-refractivity contribution in [2.24, 2.45) is 0 Å². The van der Waals surface area contributed by atoms with Gasteiger partial charge in [-0.1, -0.05) is 17.7 Å². The standard InChI is InChI=1S/C19H17ClN2O4/c1-11-5-4-6-22-16(23)9-15(21-19(11)22)26-17(24)10-25-14-7-12(2)18(20)13(3)8-14/h4-9H,10H2,1-3H3. The smallest absolute Gasteiger partial charge is 0.350 e. The van der Waals surface area contributed by atoms with E-state index in [1.165, 1.54) is 10.5 Å². The van der Waals surface area contributed by atoms with Crippen molar-refractivity contribution in [2.45, 2.75) is 20.8 Å². The van der Waals surface area contributed by atoms with E-state index < -0.39 is 5.97 Å². The van der Waals surface area contributed by atoms with E-state index in [1.807, 2.05) is 26.8 Å². The van der Waals surface area contributed by atoms with Crippen molar-refractivity contribution in [3.05, 3.63) is 68.6 Å². The third kappa shape index (κ3) is 3.70. The molecule has 0 aliphatic carbocycles. The molecular formula is C19H17ClN2O4. The van der Waals surface area contributed by atoms with Crippen molar-refractivity contribution in [3.63, 3.8) is 0 Å². The molecule has 0 saturated heterocycles. The second-order valence-corrected chi connectivity index (χ2v) is 6.33. The van der Waals surface area contributed by atoms with Crippen molar-refractivity contribution in [1.82, 2.24) is 9.38 Å². The molecule has 0 amide bonds. The molecule has 0 N–H and O–H groups in total. The van der Waals surface area contributed by atoms with Gasteiger partial charge in [0.05, 0.1) is 6.07 Å². The Balaban J connectivity index is 1.73. The fraction of sp³-hybridized carbons (Fsp3) is 0.211. The Labute approximate surface area is 155 Å². The summed E-state index contributed by atoms with van der Waals surface area (Å²) in [5.41, 5.74) is 2.62. The number of fused-ring (bicyclic) bond motifs is 1. The van der Waals surface area contributed by atoms with E-state index in [0.717, 1.165) is 16.7 Å². The van der Waals surface area contributed by atoms with Crippen LogP contribution in [0.1, 0.15) is 16.7 Å². The van der Waals surface area contributed by atoms with Crippen molar-refractivity contribution in [2.75, 3.05) is 6.61 Å². The van der Waals surface area contributed by atoms with Gasteiger partial charge in [-0.2, -0.15) is 4.98 Å². The van der Waals surface area contributed by atoms with E-state index in [-0.39, 0.29) is 18.0 Å². The number of carbonyl (C=O) groups excluding carboxylic acids is 1. The van der Waals surface area contributed by atoms with Crippen LogP contribution in [0.3, 0.4) is 0 Å². The number of aromatic nitrogens is 2. The first-order valence-electron chi connectivity index (χ1n) is 7.94. The first-order valence-corrected chi connectivity index (χ1v) is 8.32. The molecule has 3 aromatic rings. The molecule has 0 bridgehead atoms. The molecule has 0 atom stereocenters. The molecule has 26 heavy (non-hydrogen) atoms. The first-order chi connectivity index (χ1) is 12.3. The van der Waals surface area contributed by atoms with Crippen LogP contribution in [-0.4, -0.2) is 22.0 Å². The lowest BCUT2D eigenvalue weighted by Crippen LogP contribution is -2.21. The SMILES string of the molecule is Cc1cc(OCC(=O)Oc2cc(=O)n3cccc(C)c3n2)cc(C)c1Cl. The Morgan fingerprint density at radius 2 is 1.85 bits per heavy atom. The Hall–Kier alpha value is -2.86. The summed E-state index contributed by atoms with van der Waals surface area (Å²) in [6.07, 6.45) is 1.61. The minimum Gasteiger partial charge on any atom is -0.482 e. The van der Waals surface area contributed by atoms with Gasteiger partial charge in [-0.3, -0.25) is 9.20 Å². The highest BCUT2D eigenvalue weighted by atomic mass is 35.5. The van der Waals surface area contributed by atoms with E-state index in [2.05, 4.69) is 4.98 Å². The number of benzene rings is 1. The number of nitrogens with zero attached hydrogens (tertiary/aromatic N) is 2. The molecule has 7 heteroatoms. The summed E-state index contributed by atoms with van der Waals surface area (Å²) in [5, 5.41) is 0.663. The summed E-state index contributed by atoms with van der Waals surface area (Å²) in [7, 11) is 0.